The number of hydrogen-bond donors (Lipinski definition) is 0. The van der Waals surface area contributed by atoms with Crippen LogP contribution in [0.4, 0.5) is 0 Å². The molecule has 0 saturated carbocycles. The Morgan fingerprint density at radius 3 is 1.02 bits per heavy atom. The van der Waals surface area contributed by atoms with Crippen LogP contribution < -0.4 is 0 Å². The summed E-state index contributed by atoms with van der Waals surface area (Å²) in [5.74, 6) is -0.923. The fourth-order valence-electron chi connectivity index (χ4n) is 7.23. The van der Waals surface area contributed by atoms with Gasteiger partial charge in [-0.3, -0.25) is 14.4 Å². The number of esters is 3. The van der Waals surface area contributed by atoms with Gasteiger partial charge in [0.25, 0.3) is 0 Å². The lowest BCUT2D eigenvalue weighted by Crippen LogP contribution is -2.30. The van der Waals surface area contributed by atoms with Gasteiger partial charge in [-0.15, -0.1) is 0 Å². The smallest absolute Gasteiger partial charge is 0.306 e. The van der Waals surface area contributed by atoms with Crippen LogP contribution in [0.5, 0.6) is 0 Å². The summed E-state index contributed by atoms with van der Waals surface area (Å²) in [5, 5.41) is 0. The summed E-state index contributed by atoms with van der Waals surface area (Å²) >= 11 is 0. The van der Waals surface area contributed by atoms with Gasteiger partial charge in [-0.05, 0) is 89.9 Å². The second-order valence-electron chi connectivity index (χ2n) is 17.4. The molecule has 0 amide bonds. The third-order valence-electron chi connectivity index (χ3n) is 11.2. The fourth-order valence-corrected chi connectivity index (χ4v) is 7.23. The molecule has 0 radical (unpaired) electrons. The van der Waals surface area contributed by atoms with Crippen molar-refractivity contribution in [3.05, 3.63) is 72.9 Å². The van der Waals surface area contributed by atoms with Gasteiger partial charge in [0.1, 0.15) is 13.2 Å². The molecule has 63 heavy (non-hydrogen) atoms. The number of carbonyl (C=O) groups excluding carboxylic acids is 3. The molecule has 0 N–H and O–H groups in total. The Morgan fingerprint density at radius 1 is 0.333 bits per heavy atom. The molecule has 0 aromatic carbocycles. The first-order valence-corrected chi connectivity index (χ1v) is 26.4. The Morgan fingerprint density at radius 2 is 0.619 bits per heavy atom. The van der Waals surface area contributed by atoms with Gasteiger partial charge in [-0.2, -0.15) is 0 Å². The maximum absolute atomic E-state index is 12.8. The van der Waals surface area contributed by atoms with Gasteiger partial charge in [-0.1, -0.05) is 216 Å². The van der Waals surface area contributed by atoms with Gasteiger partial charge < -0.3 is 14.2 Å². The van der Waals surface area contributed by atoms with Gasteiger partial charge in [-0.25, -0.2) is 0 Å². The molecule has 6 heteroatoms. The normalized spacial score (nSPS) is 12.6. The SMILES string of the molecule is CC/C=C\C/C=C\C/C=C\C/C=C\C/C=C\CCCCCC(=O)O[C@H](COC(=O)CCCCCCCCC/C=C\CCCCCC)COC(=O)CCCCCCCCCCCCC. The molecule has 362 valence electrons. The maximum atomic E-state index is 12.8. The number of hydrogen-bond acceptors (Lipinski definition) is 6. The molecule has 0 saturated heterocycles. The van der Waals surface area contributed by atoms with E-state index < -0.39 is 6.10 Å². The van der Waals surface area contributed by atoms with E-state index in [9.17, 15) is 14.4 Å². The van der Waals surface area contributed by atoms with E-state index >= 15 is 0 Å². The van der Waals surface area contributed by atoms with Crippen molar-refractivity contribution in [1.82, 2.24) is 0 Å². The van der Waals surface area contributed by atoms with E-state index in [1.807, 2.05) is 0 Å². The van der Waals surface area contributed by atoms with Crippen LogP contribution in [0, 0.1) is 0 Å². The van der Waals surface area contributed by atoms with E-state index in [1.165, 1.54) is 116 Å². The first kappa shape index (κ1) is 59.9. The molecule has 0 aliphatic carbocycles. The van der Waals surface area contributed by atoms with Crippen LogP contribution >= 0.6 is 0 Å². The van der Waals surface area contributed by atoms with Crippen molar-refractivity contribution in [3.8, 4) is 0 Å². The fraction of sp³-hybridized carbons (Fsp3) is 0.737. The largest absolute Gasteiger partial charge is 0.462 e. The molecular formula is C57H98O6. The van der Waals surface area contributed by atoms with Gasteiger partial charge in [0.15, 0.2) is 6.10 Å². The number of allylic oxidation sites excluding steroid dienone is 12. The van der Waals surface area contributed by atoms with Crippen LogP contribution in [-0.2, 0) is 28.6 Å². The highest BCUT2D eigenvalue weighted by Gasteiger charge is 2.19. The molecule has 0 heterocycles. The molecule has 0 unspecified atom stereocenters. The zero-order valence-electron chi connectivity index (χ0n) is 41.3. The van der Waals surface area contributed by atoms with E-state index in [2.05, 4.69) is 93.7 Å². The first-order valence-electron chi connectivity index (χ1n) is 26.4. The van der Waals surface area contributed by atoms with Crippen LogP contribution in [0.2, 0.25) is 0 Å². The Bertz CT molecular complexity index is 1190. The predicted molar refractivity (Wildman–Crippen MR) is 270 cm³/mol. The molecule has 0 fully saturated rings. The average molecular weight is 879 g/mol. The van der Waals surface area contributed by atoms with E-state index in [0.29, 0.717) is 19.3 Å². The molecular weight excluding hydrogens is 781 g/mol. The Balaban J connectivity index is 4.43. The van der Waals surface area contributed by atoms with Crippen molar-refractivity contribution in [2.75, 3.05) is 13.2 Å². The van der Waals surface area contributed by atoms with Crippen LogP contribution in [0.15, 0.2) is 72.9 Å². The Hall–Kier alpha value is -3.15. The molecule has 6 nitrogen and oxygen atoms in total. The number of rotatable bonds is 47. The second-order valence-corrected chi connectivity index (χ2v) is 17.4. The quantitative estimate of drug-likeness (QED) is 0.0262. The highest BCUT2D eigenvalue weighted by molar-refractivity contribution is 5.71. The van der Waals surface area contributed by atoms with Crippen LogP contribution in [0.25, 0.3) is 0 Å². The molecule has 0 aliphatic heterocycles. The third kappa shape index (κ3) is 49.7. The minimum absolute atomic E-state index is 0.0886. The Labute approximate surface area is 389 Å². The summed E-state index contributed by atoms with van der Waals surface area (Å²) < 4.78 is 16.8. The first-order chi connectivity index (χ1) is 31.0. The number of ether oxygens (including phenoxy) is 3. The Kier molecular flexibility index (Phi) is 48.9. The highest BCUT2D eigenvalue weighted by Crippen LogP contribution is 2.14. The molecule has 0 aliphatic rings. The van der Waals surface area contributed by atoms with E-state index in [0.717, 1.165) is 96.3 Å². The zero-order valence-corrected chi connectivity index (χ0v) is 41.3. The predicted octanol–water partition coefficient (Wildman–Crippen LogP) is 17.4. The summed E-state index contributed by atoms with van der Waals surface area (Å²) in [6.07, 6.45) is 64.5. The van der Waals surface area contributed by atoms with Crippen molar-refractivity contribution in [1.29, 1.82) is 0 Å². The molecule has 0 aromatic rings. The summed E-state index contributed by atoms with van der Waals surface area (Å²) in [6.45, 7) is 6.48. The average Bonchev–Trinajstić information content (AvgIpc) is 3.28. The minimum atomic E-state index is -0.792. The van der Waals surface area contributed by atoms with Crippen LogP contribution in [0.3, 0.4) is 0 Å². The van der Waals surface area contributed by atoms with Crippen molar-refractivity contribution >= 4 is 17.9 Å². The standard InChI is InChI=1S/C57H98O6/c1-4-7-10-13-16-19-22-24-26-27-28-29-31-33-36-39-42-45-48-51-57(60)63-54(52-61-55(58)49-46-43-40-37-34-21-18-15-12-9-6-3)53-62-56(59)50-47-44-41-38-35-32-30-25-23-20-17-14-11-8-5-2/h7,10,16,19-20,23-24,26,28-29,33,36,54H,4-6,8-9,11-15,17-18,21-22,25,27,30-32,34-35,37-53H2,1-3H3/b10-7-,19-16-,23-20-,26-24-,29-28-,36-33-/t54-/m0/s1. The highest BCUT2D eigenvalue weighted by atomic mass is 16.6. The molecule has 0 rings (SSSR count). The van der Waals surface area contributed by atoms with Crippen molar-refractivity contribution in [3.63, 3.8) is 0 Å². The maximum Gasteiger partial charge on any atom is 0.306 e. The summed E-state index contributed by atoms with van der Waals surface area (Å²) in [5.41, 5.74) is 0. The monoisotopic (exact) mass is 879 g/mol. The van der Waals surface area contributed by atoms with Gasteiger partial charge in [0.2, 0.25) is 0 Å². The summed E-state index contributed by atoms with van der Waals surface area (Å²) in [6, 6.07) is 0. The van der Waals surface area contributed by atoms with Crippen LogP contribution in [0.1, 0.15) is 252 Å². The van der Waals surface area contributed by atoms with E-state index in [1.54, 1.807) is 0 Å². The zero-order chi connectivity index (χ0) is 45.8. The molecule has 0 spiro atoms. The lowest BCUT2D eigenvalue weighted by atomic mass is 10.1. The van der Waals surface area contributed by atoms with Crippen LogP contribution in [-0.4, -0.2) is 37.2 Å². The lowest BCUT2D eigenvalue weighted by molar-refractivity contribution is -0.167. The summed E-state index contributed by atoms with van der Waals surface area (Å²) in [4.78, 5) is 38.0. The van der Waals surface area contributed by atoms with Crippen molar-refractivity contribution in [2.24, 2.45) is 0 Å². The minimum Gasteiger partial charge on any atom is -0.462 e. The van der Waals surface area contributed by atoms with Crippen molar-refractivity contribution < 1.29 is 28.6 Å². The lowest BCUT2D eigenvalue weighted by Gasteiger charge is -2.18. The van der Waals surface area contributed by atoms with Gasteiger partial charge in [0.05, 0.1) is 0 Å². The van der Waals surface area contributed by atoms with Crippen molar-refractivity contribution in [2.45, 2.75) is 258 Å². The second kappa shape index (κ2) is 51.5. The van der Waals surface area contributed by atoms with E-state index in [-0.39, 0.29) is 31.1 Å². The molecule has 0 bridgehead atoms. The number of unbranched alkanes of at least 4 members (excludes halogenated alkanes) is 24. The summed E-state index contributed by atoms with van der Waals surface area (Å²) in [7, 11) is 0. The topological polar surface area (TPSA) is 78.9 Å². The number of carbonyl (C=O) groups is 3. The molecule has 1 atom stereocenters. The molecule has 0 aromatic heterocycles. The third-order valence-corrected chi connectivity index (χ3v) is 11.2. The van der Waals surface area contributed by atoms with E-state index in [4.69, 9.17) is 14.2 Å². The van der Waals surface area contributed by atoms with Gasteiger partial charge >= 0.3 is 17.9 Å². The van der Waals surface area contributed by atoms with Gasteiger partial charge in [0, 0.05) is 19.3 Å².